The highest BCUT2D eigenvalue weighted by molar-refractivity contribution is 5.93. The summed E-state index contributed by atoms with van der Waals surface area (Å²) in [6.07, 6.45) is 0. The van der Waals surface area contributed by atoms with Gasteiger partial charge < -0.3 is 9.84 Å². The summed E-state index contributed by atoms with van der Waals surface area (Å²) >= 11 is 0. The van der Waals surface area contributed by atoms with E-state index < -0.39 is 5.97 Å². The van der Waals surface area contributed by atoms with Gasteiger partial charge in [-0.2, -0.15) is 5.10 Å². The van der Waals surface area contributed by atoms with Crippen LogP contribution < -0.4 is 0 Å². The van der Waals surface area contributed by atoms with Gasteiger partial charge in [0, 0.05) is 0 Å². The molecule has 0 amide bonds. The van der Waals surface area contributed by atoms with Gasteiger partial charge in [-0.15, -0.1) is 0 Å². The summed E-state index contributed by atoms with van der Waals surface area (Å²) < 4.78 is 6.23. The number of ether oxygens (including phenoxy) is 1. The Bertz CT molecular complexity index is 369. The molecule has 0 bridgehead atoms. The first-order valence-electron chi connectivity index (χ1n) is 4.94. The minimum atomic E-state index is -0.528. The second kappa shape index (κ2) is 4.33. The number of carbonyl (C=O) groups excluding carboxylic acids is 1. The van der Waals surface area contributed by atoms with Crippen LogP contribution in [0.25, 0.3) is 0 Å². The first-order chi connectivity index (χ1) is 6.99. The summed E-state index contributed by atoms with van der Waals surface area (Å²) in [6, 6.07) is 0.00637. The van der Waals surface area contributed by atoms with Gasteiger partial charge in [-0.25, -0.2) is 9.48 Å². The maximum Gasteiger partial charge on any atom is 0.345 e. The average Bonchev–Trinajstić information content (AvgIpc) is 2.42. The molecule has 1 aromatic heterocycles. The Hall–Kier alpha value is -1.52. The molecule has 84 valence electrons. The van der Waals surface area contributed by atoms with Crippen molar-refractivity contribution >= 4 is 5.97 Å². The van der Waals surface area contributed by atoms with Crippen molar-refractivity contribution in [3.05, 3.63) is 11.3 Å². The third-order valence-corrected chi connectivity index (χ3v) is 2.03. The van der Waals surface area contributed by atoms with E-state index >= 15 is 0 Å². The molecule has 5 nitrogen and oxygen atoms in total. The predicted octanol–water partition coefficient (Wildman–Crippen LogP) is 1.65. The molecule has 0 unspecified atom stereocenters. The second-order valence-electron chi connectivity index (χ2n) is 3.54. The van der Waals surface area contributed by atoms with Crippen LogP contribution in [0.15, 0.2) is 0 Å². The standard InChI is InChI=1S/C10H16N2O3/c1-5-15-10(14)8-7(4)11-12(6(2)3)9(8)13/h6,13H,5H2,1-4H3. The maximum atomic E-state index is 11.5. The molecule has 0 spiro atoms. The fraction of sp³-hybridized carbons (Fsp3) is 0.600. The third kappa shape index (κ3) is 2.11. The van der Waals surface area contributed by atoms with Crippen LogP contribution in [0.2, 0.25) is 0 Å². The quantitative estimate of drug-likeness (QED) is 0.774. The minimum absolute atomic E-state index is 0.00637. The van der Waals surface area contributed by atoms with E-state index in [0.717, 1.165) is 0 Å². The molecule has 0 saturated heterocycles. The molecule has 15 heavy (non-hydrogen) atoms. The lowest BCUT2D eigenvalue weighted by atomic mass is 10.2. The van der Waals surface area contributed by atoms with Crippen LogP contribution in [-0.2, 0) is 4.74 Å². The molecule has 1 aromatic rings. The Kier molecular flexibility index (Phi) is 3.34. The first kappa shape index (κ1) is 11.6. The molecule has 1 heterocycles. The number of carbonyl (C=O) groups is 1. The van der Waals surface area contributed by atoms with Crippen LogP contribution in [0.5, 0.6) is 5.88 Å². The van der Waals surface area contributed by atoms with Crippen LogP contribution in [0.1, 0.15) is 42.9 Å². The molecular weight excluding hydrogens is 196 g/mol. The van der Waals surface area contributed by atoms with E-state index in [1.807, 2.05) is 13.8 Å². The molecule has 0 aliphatic heterocycles. The van der Waals surface area contributed by atoms with E-state index in [9.17, 15) is 9.90 Å². The van der Waals surface area contributed by atoms with E-state index in [-0.39, 0.29) is 24.1 Å². The van der Waals surface area contributed by atoms with Crippen molar-refractivity contribution in [3.63, 3.8) is 0 Å². The second-order valence-corrected chi connectivity index (χ2v) is 3.54. The largest absolute Gasteiger partial charge is 0.493 e. The van der Waals surface area contributed by atoms with Gasteiger partial charge >= 0.3 is 5.97 Å². The van der Waals surface area contributed by atoms with Crippen LogP contribution >= 0.6 is 0 Å². The molecule has 0 fully saturated rings. The highest BCUT2D eigenvalue weighted by atomic mass is 16.5. The Morgan fingerprint density at radius 3 is 2.60 bits per heavy atom. The Morgan fingerprint density at radius 2 is 2.20 bits per heavy atom. The number of aromatic hydroxyl groups is 1. The van der Waals surface area contributed by atoms with Gasteiger partial charge in [-0.1, -0.05) is 0 Å². The van der Waals surface area contributed by atoms with Crippen molar-refractivity contribution in [2.24, 2.45) is 0 Å². The summed E-state index contributed by atoms with van der Waals surface area (Å²) in [5.74, 6) is -0.652. The summed E-state index contributed by atoms with van der Waals surface area (Å²) in [5.41, 5.74) is 0.644. The fourth-order valence-electron chi connectivity index (χ4n) is 1.34. The van der Waals surface area contributed by atoms with E-state index in [2.05, 4.69) is 5.10 Å². The Balaban J connectivity index is 3.13. The molecule has 0 radical (unpaired) electrons. The molecule has 0 aliphatic rings. The number of aryl methyl sites for hydroxylation is 1. The third-order valence-electron chi connectivity index (χ3n) is 2.03. The molecule has 0 aliphatic carbocycles. The number of esters is 1. The highest BCUT2D eigenvalue weighted by Gasteiger charge is 2.23. The lowest BCUT2D eigenvalue weighted by Crippen LogP contribution is -2.06. The topological polar surface area (TPSA) is 64.3 Å². The lowest BCUT2D eigenvalue weighted by Gasteiger charge is -2.06. The number of hydrogen-bond acceptors (Lipinski definition) is 4. The molecule has 0 aromatic carbocycles. The van der Waals surface area contributed by atoms with Gasteiger partial charge in [0.2, 0.25) is 5.88 Å². The van der Waals surface area contributed by atoms with Gasteiger partial charge in [-0.05, 0) is 27.7 Å². The van der Waals surface area contributed by atoms with E-state index in [1.54, 1.807) is 13.8 Å². The SMILES string of the molecule is CCOC(=O)c1c(C)nn(C(C)C)c1O. The summed E-state index contributed by atoms with van der Waals surface area (Å²) in [5, 5.41) is 13.9. The molecular formula is C10H16N2O3. The van der Waals surface area contributed by atoms with E-state index in [0.29, 0.717) is 5.69 Å². The average molecular weight is 212 g/mol. The van der Waals surface area contributed by atoms with Gasteiger partial charge in [0.1, 0.15) is 5.56 Å². The number of hydrogen-bond donors (Lipinski definition) is 1. The minimum Gasteiger partial charge on any atom is -0.493 e. The summed E-state index contributed by atoms with van der Waals surface area (Å²) in [4.78, 5) is 11.5. The van der Waals surface area contributed by atoms with Crippen molar-refractivity contribution in [2.75, 3.05) is 6.61 Å². The molecule has 5 heteroatoms. The zero-order valence-electron chi connectivity index (χ0n) is 9.44. The number of rotatable bonds is 3. The number of nitrogens with zero attached hydrogens (tertiary/aromatic N) is 2. The van der Waals surface area contributed by atoms with Gasteiger partial charge in [-0.3, -0.25) is 0 Å². The van der Waals surface area contributed by atoms with Crippen molar-refractivity contribution in [1.29, 1.82) is 0 Å². The zero-order valence-corrected chi connectivity index (χ0v) is 9.44. The van der Waals surface area contributed by atoms with Crippen LogP contribution in [0.4, 0.5) is 0 Å². The van der Waals surface area contributed by atoms with Crippen molar-refractivity contribution in [2.45, 2.75) is 33.7 Å². The lowest BCUT2D eigenvalue weighted by molar-refractivity contribution is 0.0521. The fourth-order valence-corrected chi connectivity index (χ4v) is 1.34. The Labute approximate surface area is 88.7 Å². The van der Waals surface area contributed by atoms with Gasteiger partial charge in [0.15, 0.2) is 0 Å². The van der Waals surface area contributed by atoms with Crippen LogP contribution in [0, 0.1) is 6.92 Å². The van der Waals surface area contributed by atoms with Gasteiger partial charge in [0.25, 0.3) is 0 Å². The van der Waals surface area contributed by atoms with Gasteiger partial charge in [0.05, 0.1) is 18.3 Å². The normalized spacial score (nSPS) is 10.7. The van der Waals surface area contributed by atoms with Crippen LogP contribution in [-0.4, -0.2) is 27.5 Å². The highest BCUT2D eigenvalue weighted by Crippen LogP contribution is 2.24. The summed E-state index contributed by atoms with van der Waals surface area (Å²) in [7, 11) is 0. The smallest absolute Gasteiger partial charge is 0.345 e. The maximum absolute atomic E-state index is 11.5. The summed E-state index contributed by atoms with van der Waals surface area (Å²) in [6.45, 7) is 7.43. The Morgan fingerprint density at radius 1 is 1.60 bits per heavy atom. The molecule has 1 rings (SSSR count). The zero-order chi connectivity index (χ0) is 11.6. The van der Waals surface area contributed by atoms with Crippen LogP contribution in [0.3, 0.4) is 0 Å². The number of aromatic nitrogens is 2. The van der Waals surface area contributed by atoms with Crippen molar-refractivity contribution in [3.8, 4) is 5.88 Å². The van der Waals surface area contributed by atoms with Crippen molar-refractivity contribution < 1.29 is 14.6 Å². The first-order valence-corrected chi connectivity index (χ1v) is 4.94. The van der Waals surface area contributed by atoms with Crippen molar-refractivity contribution in [1.82, 2.24) is 9.78 Å². The predicted molar refractivity (Wildman–Crippen MR) is 55.0 cm³/mol. The van der Waals surface area contributed by atoms with E-state index in [4.69, 9.17) is 4.74 Å². The molecule has 0 saturated carbocycles. The molecule has 0 atom stereocenters. The monoisotopic (exact) mass is 212 g/mol. The molecule has 1 N–H and O–H groups in total. The van der Waals surface area contributed by atoms with E-state index in [1.165, 1.54) is 4.68 Å².